The Kier molecular flexibility index (Phi) is 7.71. The van der Waals surface area contributed by atoms with Crippen LogP contribution in [0.1, 0.15) is 49.9 Å². The lowest BCUT2D eigenvalue weighted by molar-refractivity contribution is -0.145. The Labute approximate surface area is 200 Å². The fraction of sp³-hybridized carbons (Fsp3) is 0.407. The van der Waals surface area contributed by atoms with Crippen LogP contribution in [0.4, 0.5) is 5.82 Å². The maximum atomic E-state index is 13.0. The Hall–Kier alpha value is -3.50. The number of nitrogens with one attached hydrogen (secondary N) is 1. The fourth-order valence-corrected chi connectivity index (χ4v) is 4.31. The van der Waals surface area contributed by atoms with Crippen molar-refractivity contribution in [2.45, 2.75) is 38.6 Å². The number of aromatic nitrogens is 2. The normalized spacial score (nSPS) is 16.9. The molecule has 2 atom stereocenters. The van der Waals surface area contributed by atoms with Gasteiger partial charge in [0.05, 0.1) is 23.7 Å². The van der Waals surface area contributed by atoms with Crippen molar-refractivity contribution in [3.05, 3.63) is 65.9 Å². The van der Waals surface area contributed by atoms with Crippen LogP contribution in [0, 0.1) is 17.2 Å². The van der Waals surface area contributed by atoms with Crippen LogP contribution in [-0.2, 0) is 9.53 Å². The van der Waals surface area contributed by atoms with Gasteiger partial charge < -0.3 is 15.0 Å². The number of ether oxygens (including phenoxy) is 1. The predicted molar refractivity (Wildman–Crippen MR) is 132 cm³/mol. The van der Waals surface area contributed by atoms with E-state index in [1.54, 1.807) is 0 Å². The molecule has 2 heterocycles. The number of carbonyl (C=O) groups is 1. The van der Waals surface area contributed by atoms with Gasteiger partial charge in [-0.3, -0.25) is 4.79 Å². The molecular formula is C27H31N5O2. The predicted octanol–water partition coefficient (Wildman–Crippen LogP) is 4.37. The molecule has 1 aromatic heterocycles. The number of carbonyl (C=O) groups excluding carboxylic acids is 1. The topological polar surface area (TPSA) is 91.1 Å². The molecule has 1 saturated heterocycles. The maximum absolute atomic E-state index is 13.0. The number of hydrogen-bond acceptors (Lipinski definition) is 7. The van der Waals surface area contributed by atoms with Gasteiger partial charge in [-0.25, -0.2) is 9.97 Å². The number of hydrogen-bond donors (Lipinski definition) is 1. The molecule has 1 fully saturated rings. The summed E-state index contributed by atoms with van der Waals surface area (Å²) in [5, 5.41) is 13.6. The summed E-state index contributed by atoms with van der Waals surface area (Å²) in [4.78, 5) is 24.8. The maximum Gasteiger partial charge on any atom is 0.329 e. The van der Waals surface area contributed by atoms with Gasteiger partial charge >= 0.3 is 5.97 Å². The summed E-state index contributed by atoms with van der Waals surface area (Å²) in [5.41, 5.74) is 2.94. The second-order valence-corrected chi connectivity index (χ2v) is 8.66. The van der Waals surface area contributed by atoms with Gasteiger partial charge in [0.1, 0.15) is 5.69 Å². The molecule has 0 bridgehead atoms. The summed E-state index contributed by atoms with van der Waals surface area (Å²) < 4.78 is 5.58. The van der Waals surface area contributed by atoms with Crippen LogP contribution in [0.2, 0.25) is 0 Å². The molecule has 0 spiro atoms. The molecule has 1 aliphatic rings. The average Bonchev–Trinajstić information content (AvgIpc) is 2.90. The number of benzene rings is 2. The quantitative estimate of drug-likeness (QED) is 0.502. The molecule has 0 saturated carbocycles. The van der Waals surface area contributed by atoms with E-state index >= 15 is 0 Å². The van der Waals surface area contributed by atoms with Crippen molar-refractivity contribution in [2.24, 2.45) is 5.92 Å². The van der Waals surface area contributed by atoms with Gasteiger partial charge in [0.25, 0.3) is 0 Å². The SMILES string of the molecule is CCC(CC)COC(=O)C(C#N)c1nc2ccccc2nc1N1CCNC(c2ccccc2)C1. The first-order valence-electron chi connectivity index (χ1n) is 12.0. The summed E-state index contributed by atoms with van der Waals surface area (Å²) in [6, 6.07) is 20.1. The second kappa shape index (κ2) is 11.1. The highest BCUT2D eigenvalue weighted by atomic mass is 16.5. The Bertz CT molecular complexity index is 1160. The summed E-state index contributed by atoms with van der Waals surface area (Å²) in [7, 11) is 0. The van der Waals surface area contributed by atoms with E-state index in [4.69, 9.17) is 14.7 Å². The van der Waals surface area contributed by atoms with Crippen LogP contribution in [0.25, 0.3) is 11.0 Å². The highest BCUT2D eigenvalue weighted by Gasteiger charge is 2.32. The zero-order valence-corrected chi connectivity index (χ0v) is 19.8. The molecule has 1 N–H and O–H groups in total. The lowest BCUT2D eigenvalue weighted by Crippen LogP contribution is -2.46. The van der Waals surface area contributed by atoms with Crippen LogP contribution in [0.15, 0.2) is 54.6 Å². The first kappa shape index (κ1) is 23.7. The number of nitriles is 1. The van der Waals surface area contributed by atoms with Crippen molar-refractivity contribution in [2.75, 3.05) is 31.1 Å². The van der Waals surface area contributed by atoms with Crippen molar-refractivity contribution in [3.63, 3.8) is 0 Å². The molecule has 0 radical (unpaired) electrons. The van der Waals surface area contributed by atoms with E-state index in [9.17, 15) is 10.1 Å². The highest BCUT2D eigenvalue weighted by Crippen LogP contribution is 2.30. The molecule has 176 valence electrons. The minimum atomic E-state index is -1.13. The fourth-order valence-electron chi connectivity index (χ4n) is 4.31. The molecule has 34 heavy (non-hydrogen) atoms. The number of nitrogens with zero attached hydrogens (tertiary/aromatic N) is 4. The van der Waals surface area contributed by atoms with E-state index in [2.05, 4.69) is 42.3 Å². The van der Waals surface area contributed by atoms with E-state index in [-0.39, 0.29) is 12.0 Å². The standard InChI is InChI=1S/C27H31N5O2/c1-3-19(4-2)18-34-27(33)21(16-28)25-26(31-23-13-9-8-12-22(23)30-25)32-15-14-29-24(17-32)20-10-6-5-7-11-20/h5-13,19,21,24,29H,3-4,14-15,17-18H2,1-2H3. The van der Waals surface area contributed by atoms with E-state index < -0.39 is 11.9 Å². The van der Waals surface area contributed by atoms with E-state index in [1.165, 1.54) is 5.56 Å². The second-order valence-electron chi connectivity index (χ2n) is 8.66. The number of anilines is 1. The van der Waals surface area contributed by atoms with Crippen LogP contribution in [-0.4, -0.2) is 42.2 Å². The Morgan fingerprint density at radius 2 is 1.79 bits per heavy atom. The number of piperazine rings is 1. The molecule has 4 rings (SSSR count). The number of esters is 1. The van der Waals surface area contributed by atoms with Gasteiger partial charge in [0, 0.05) is 25.7 Å². The molecule has 1 aliphatic heterocycles. The van der Waals surface area contributed by atoms with Crippen molar-refractivity contribution < 1.29 is 9.53 Å². The molecule has 3 aromatic rings. The van der Waals surface area contributed by atoms with Crippen LogP contribution in [0.3, 0.4) is 0 Å². The van der Waals surface area contributed by atoms with Crippen molar-refractivity contribution in [1.29, 1.82) is 5.26 Å². The smallest absolute Gasteiger partial charge is 0.329 e. The molecular weight excluding hydrogens is 426 g/mol. The summed E-state index contributed by atoms with van der Waals surface area (Å²) in [6.07, 6.45) is 1.84. The zero-order valence-electron chi connectivity index (χ0n) is 19.8. The van der Waals surface area contributed by atoms with Crippen molar-refractivity contribution >= 4 is 22.8 Å². The molecule has 0 aliphatic carbocycles. The lowest BCUT2D eigenvalue weighted by atomic mass is 10.0. The van der Waals surface area contributed by atoms with Gasteiger partial charge in [-0.2, -0.15) is 5.26 Å². The number of rotatable bonds is 8. The third kappa shape index (κ3) is 5.18. The Morgan fingerprint density at radius 1 is 1.12 bits per heavy atom. The van der Waals surface area contributed by atoms with Gasteiger partial charge in [-0.05, 0) is 23.6 Å². The van der Waals surface area contributed by atoms with Crippen molar-refractivity contribution in [1.82, 2.24) is 15.3 Å². The molecule has 0 amide bonds. The number of para-hydroxylation sites is 2. The third-order valence-electron chi connectivity index (χ3n) is 6.51. The van der Waals surface area contributed by atoms with Crippen LogP contribution >= 0.6 is 0 Å². The van der Waals surface area contributed by atoms with Gasteiger partial charge in [0.2, 0.25) is 0 Å². The van der Waals surface area contributed by atoms with E-state index in [0.29, 0.717) is 36.7 Å². The summed E-state index contributed by atoms with van der Waals surface area (Å²) in [5.74, 6) is -0.834. The first-order chi connectivity index (χ1) is 16.6. The molecule has 2 unspecified atom stereocenters. The average molecular weight is 458 g/mol. The van der Waals surface area contributed by atoms with E-state index in [1.807, 2.05) is 42.5 Å². The minimum Gasteiger partial charge on any atom is -0.464 e. The Morgan fingerprint density at radius 3 is 2.47 bits per heavy atom. The monoisotopic (exact) mass is 457 g/mol. The van der Waals surface area contributed by atoms with Gasteiger partial charge in [0.15, 0.2) is 11.7 Å². The summed E-state index contributed by atoms with van der Waals surface area (Å²) in [6.45, 7) is 6.57. The van der Waals surface area contributed by atoms with Gasteiger partial charge in [-0.15, -0.1) is 0 Å². The zero-order chi connectivity index (χ0) is 23.9. The third-order valence-corrected chi connectivity index (χ3v) is 6.51. The lowest BCUT2D eigenvalue weighted by Gasteiger charge is -2.35. The van der Waals surface area contributed by atoms with Crippen LogP contribution in [0.5, 0.6) is 0 Å². The minimum absolute atomic E-state index is 0.110. The van der Waals surface area contributed by atoms with Crippen molar-refractivity contribution in [3.8, 4) is 6.07 Å². The van der Waals surface area contributed by atoms with Crippen LogP contribution < -0.4 is 10.2 Å². The largest absolute Gasteiger partial charge is 0.464 e. The highest BCUT2D eigenvalue weighted by molar-refractivity contribution is 5.85. The van der Waals surface area contributed by atoms with E-state index in [0.717, 1.165) is 24.9 Å². The Balaban J connectivity index is 1.68. The number of fused-ring (bicyclic) bond motifs is 1. The first-order valence-corrected chi connectivity index (χ1v) is 12.0. The van der Waals surface area contributed by atoms with Gasteiger partial charge in [-0.1, -0.05) is 69.2 Å². The molecule has 7 heteroatoms. The summed E-state index contributed by atoms with van der Waals surface area (Å²) >= 11 is 0. The molecule has 7 nitrogen and oxygen atoms in total. The molecule has 2 aromatic carbocycles.